The van der Waals surface area contributed by atoms with Gasteiger partial charge in [-0.2, -0.15) is 0 Å². The van der Waals surface area contributed by atoms with Crippen LogP contribution in [0.2, 0.25) is 0 Å². The summed E-state index contributed by atoms with van der Waals surface area (Å²) < 4.78 is 0. The zero-order chi connectivity index (χ0) is 16.6. The molecule has 0 amide bonds. The molecule has 24 heavy (non-hydrogen) atoms. The highest BCUT2D eigenvalue weighted by molar-refractivity contribution is 7.79. The second-order valence-corrected chi connectivity index (χ2v) is 7.72. The number of rotatable bonds is 7. The Bertz CT molecular complexity index is 707. The molecule has 0 aliphatic heterocycles. The van der Waals surface area contributed by atoms with Crippen LogP contribution in [0.4, 0.5) is 0 Å². The van der Waals surface area contributed by atoms with Crippen molar-refractivity contribution in [2.75, 3.05) is 13.2 Å². The van der Waals surface area contributed by atoms with E-state index in [4.69, 9.17) is 5.11 Å². The number of hydrogen-bond donors (Lipinski definition) is 2. The fourth-order valence-electron chi connectivity index (χ4n) is 2.76. The molecule has 0 aliphatic rings. The van der Waals surface area contributed by atoms with Gasteiger partial charge in [0.2, 0.25) is 0 Å². The predicted octanol–water partition coefficient (Wildman–Crippen LogP) is 2.53. The van der Waals surface area contributed by atoms with Crippen LogP contribution in [0, 0.1) is 0 Å². The second-order valence-electron chi connectivity index (χ2n) is 5.54. The summed E-state index contributed by atoms with van der Waals surface area (Å²) in [6, 6.07) is 30.1. The molecule has 0 saturated carbocycles. The van der Waals surface area contributed by atoms with Crippen molar-refractivity contribution < 1.29 is 5.11 Å². The summed E-state index contributed by atoms with van der Waals surface area (Å²) in [5.41, 5.74) is 1.30. The van der Waals surface area contributed by atoms with Crippen molar-refractivity contribution in [1.29, 1.82) is 0 Å². The van der Waals surface area contributed by atoms with Gasteiger partial charge in [0, 0.05) is 13.1 Å². The van der Waals surface area contributed by atoms with E-state index in [1.54, 1.807) is 0 Å². The van der Waals surface area contributed by atoms with E-state index in [1.165, 1.54) is 21.5 Å². The Morgan fingerprint density at radius 1 is 0.708 bits per heavy atom. The lowest BCUT2D eigenvalue weighted by Crippen LogP contribution is -2.26. The minimum absolute atomic E-state index is 0.161. The number of nitrogens with one attached hydrogen (secondary N) is 1. The Labute approximate surface area is 144 Å². The molecule has 122 valence electrons. The fraction of sp³-hybridized carbons (Fsp3) is 0.143. The number of hydrogen-bond acceptors (Lipinski definition) is 2. The lowest BCUT2D eigenvalue weighted by molar-refractivity contribution is 0.292. The van der Waals surface area contributed by atoms with Gasteiger partial charge < -0.3 is 10.4 Å². The van der Waals surface area contributed by atoms with Gasteiger partial charge in [0.05, 0.1) is 6.61 Å². The van der Waals surface area contributed by atoms with Gasteiger partial charge in [0.25, 0.3) is 0 Å². The van der Waals surface area contributed by atoms with Crippen molar-refractivity contribution in [2.45, 2.75) is 6.54 Å². The standard InChI is InChI=1S/C21H22NOP/c23-16-15-22-17-18-9-7-8-14-21(18)24(19-10-3-1-4-11-19)20-12-5-2-6-13-20/h1-14,22-23H,15-17H2. The van der Waals surface area contributed by atoms with Crippen molar-refractivity contribution in [2.24, 2.45) is 0 Å². The molecule has 3 heteroatoms. The van der Waals surface area contributed by atoms with Crippen molar-refractivity contribution >= 4 is 23.8 Å². The summed E-state index contributed by atoms with van der Waals surface area (Å²) in [7, 11) is -0.590. The zero-order valence-corrected chi connectivity index (χ0v) is 14.5. The minimum atomic E-state index is -0.590. The van der Waals surface area contributed by atoms with Crippen LogP contribution in [0.1, 0.15) is 5.56 Å². The summed E-state index contributed by atoms with van der Waals surface area (Å²) in [4.78, 5) is 0. The second kappa shape index (κ2) is 8.75. The molecule has 0 bridgehead atoms. The van der Waals surface area contributed by atoms with E-state index in [0.717, 1.165) is 6.54 Å². The summed E-state index contributed by atoms with van der Waals surface area (Å²) in [5, 5.41) is 16.4. The molecular formula is C21H22NOP. The highest BCUT2D eigenvalue weighted by Gasteiger charge is 2.18. The molecule has 2 nitrogen and oxygen atoms in total. The molecule has 0 aliphatic carbocycles. The van der Waals surface area contributed by atoms with Gasteiger partial charge in [-0.05, 0) is 29.4 Å². The van der Waals surface area contributed by atoms with Gasteiger partial charge in [-0.15, -0.1) is 0 Å². The summed E-state index contributed by atoms with van der Waals surface area (Å²) in [5.74, 6) is 0. The van der Waals surface area contributed by atoms with E-state index < -0.39 is 7.92 Å². The monoisotopic (exact) mass is 335 g/mol. The number of aliphatic hydroxyl groups excluding tert-OH is 1. The van der Waals surface area contributed by atoms with Gasteiger partial charge in [-0.25, -0.2) is 0 Å². The molecular weight excluding hydrogens is 313 g/mol. The highest BCUT2D eigenvalue weighted by atomic mass is 31.1. The molecule has 0 fully saturated rings. The Balaban J connectivity index is 2.04. The molecule has 0 radical (unpaired) electrons. The van der Waals surface area contributed by atoms with Gasteiger partial charge in [-0.3, -0.25) is 0 Å². The van der Waals surface area contributed by atoms with Crippen LogP contribution < -0.4 is 21.2 Å². The van der Waals surface area contributed by atoms with Crippen LogP contribution >= 0.6 is 7.92 Å². The third-order valence-corrected chi connectivity index (χ3v) is 6.41. The normalized spacial score (nSPS) is 10.9. The molecule has 3 aromatic rings. The minimum Gasteiger partial charge on any atom is -0.395 e. The van der Waals surface area contributed by atoms with Crippen LogP contribution in [0.15, 0.2) is 84.9 Å². The van der Waals surface area contributed by atoms with Crippen LogP contribution in [0.3, 0.4) is 0 Å². The van der Waals surface area contributed by atoms with Crippen LogP contribution in [-0.4, -0.2) is 18.3 Å². The Hall–Kier alpha value is -1.99. The first-order valence-corrected chi connectivity index (χ1v) is 9.54. The average molecular weight is 335 g/mol. The zero-order valence-electron chi connectivity index (χ0n) is 13.6. The largest absolute Gasteiger partial charge is 0.395 e. The number of aliphatic hydroxyl groups is 1. The molecule has 0 unspecified atom stereocenters. The highest BCUT2D eigenvalue weighted by Crippen LogP contribution is 2.33. The van der Waals surface area contributed by atoms with Gasteiger partial charge in [0.15, 0.2) is 0 Å². The smallest absolute Gasteiger partial charge is 0.0556 e. The predicted molar refractivity (Wildman–Crippen MR) is 104 cm³/mol. The Morgan fingerprint density at radius 2 is 1.25 bits per heavy atom. The third-order valence-electron chi connectivity index (χ3n) is 3.87. The maximum Gasteiger partial charge on any atom is 0.0556 e. The molecule has 0 spiro atoms. The fourth-order valence-corrected chi connectivity index (χ4v) is 5.23. The third kappa shape index (κ3) is 4.10. The quantitative estimate of drug-likeness (QED) is 0.514. The lowest BCUT2D eigenvalue weighted by atomic mass is 10.2. The van der Waals surface area contributed by atoms with Gasteiger partial charge in [0.1, 0.15) is 0 Å². The van der Waals surface area contributed by atoms with E-state index in [-0.39, 0.29) is 6.61 Å². The van der Waals surface area contributed by atoms with E-state index in [0.29, 0.717) is 6.54 Å². The van der Waals surface area contributed by atoms with E-state index in [2.05, 4.69) is 90.2 Å². The molecule has 0 atom stereocenters. The van der Waals surface area contributed by atoms with Gasteiger partial charge >= 0.3 is 0 Å². The average Bonchev–Trinajstić information content (AvgIpc) is 2.65. The van der Waals surface area contributed by atoms with E-state index in [1.807, 2.05) is 0 Å². The lowest BCUT2D eigenvalue weighted by Gasteiger charge is -2.22. The number of benzene rings is 3. The molecule has 2 N–H and O–H groups in total. The van der Waals surface area contributed by atoms with Crippen LogP contribution in [0.25, 0.3) is 0 Å². The molecule has 0 aromatic heterocycles. The van der Waals surface area contributed by atoms with E-state index in [9.17, 15) is 0 Å². The summed E-state index contributed by atoms with van der Waals surface area (Å²) in [6.07, 6.45) is 0. The maximum atomic E-state index is 9.02. The SMILES string of the molecule is OCCNCc1ccccc1P(c1ccccc1)c1ccccc1. The summed E-state index contributed by atoms with van der Waals surface area (Å²) in [6.45, 7) is 1.55. The molecule has 3 aromatic carbocycles. The van der Waals surface area contributed by atoms with Crippen molar-refractivity contribution in [3.8, 4) is 0 Å². The topological polar surface area (TPSA) is 32.3 Å². The van der Waals surface area contributed by atoms with Crippen molar-refractivity contribution in [3.63, 3.8) is 0 Å². The van der Waals surface area contributed by atoms with Crippen molar-refractivity contribution in [3.05, 3.63) is 90.5 Å². The first kappa shape index (κ1) is 16.9. The van der Waals surface area contributed by atoms with Crippen LogP contribution in [0.5, 0.6) is 0 Å². The molecule has 3 rings (SSSR count). The first-order chi connectivity index (χ1) is 11.9. The Kier molecular flexibility index (Phi) is 6.14. The van der Waals surface area contributed by atoms with Crippen LogP contribution in [-0.2, 0) is 6.54 Å². The first-order valence-electron chi connectivity index (χ1n) is 8.20. The van der Waals surface area contributed by atoms with Gasteiger partial charge in [-0.1, -0.05) is 84.9 Å². The maximum absolute atomic E-state index is 9.02. The van der Waals surface area contributed by atoms with Crippen molar-refractivity contribution in [1.82, 2.24) is 5.32 Å². The Morgan fingerprint density at radius 3 is 1.83 bits per heavy atom. The summed E-state index contributed by atoms with van der Waals surface area (Å²) >= 11 is 0. The molecule has 0 saturated heterocycles. The van der Waals surface area contributed by atoms with E-state index >= 15 is 0 Å². The molecule has 0 heterocycles.